The molecular weight excluding hydrogens is 270 g/mol. The molecular formula is C8H4BrNOS2. The third-order valence-electron chi connectivity index (χ3n) is 1.81. The van der Waals surface area contributed by atoms with Gasteiger partial charge < -0.3 is 0 Å². The summed E-state index contributed by atoms with van der Waals surface area (Å²) < 4.78 is 0.788. The number of nitriles is 1. The summed E-state index contributed by atoms with van der Waals surface area (Å²) >= 11 is 6.25. The molecule has 1 aliphatic rings. The van der Waals surface area contributed by atoms with Gasteiger partial charge in [-0.1, -0.05) is 0 Å². The van der Waals surface area contributed by atoms with Crippen LogP contribution in [0.2, 0.25) is 0 Å². The third kappa shape index (κ3) is 1.43. The Labute approximate surface area is 92.1 Å². The van der Waals surface area contributed by atoms with Crippen LogP contribution in [0, 0.1) is 11.3 Å². The van der Waals surface area contributed by atoms with Crippen molar-refractivity contribution in [2.24, 2.45) is 0 Å². The van der Waals surface area contributed by atoms with Gasteiger partial charge in [0.2, 0.25) is 0 Å². The predicted molar refractivity (Wildman–Crippen MR) is 57.2 cm³/mol. The lowest BCUT2D eigenvalue weighted by atomic mass is 10.1. The average Bonchev–Trinajstić information content (AvgIpc) is 2.43. The van der Waals surface area contributed by atoms with E-state index in [0.29, 0.717) is 11.3 Å². The van der Waals surface area contributed by atoms with Crippen LogP contribution >= 0.6 is 39.0 Å². The average molecular weight is 274 g/mol. The zero-order valence-electron chi connectivity index (χ0n) is 6.46. The summed E-state index contributed by atoms with van der Waals surface area (Å²) in [5.74, 6) is 1.48. The number of ketones is 1. The Morgan fingerprint density at radius 1 is 1.46 bits per heavy atom. The number of thioether (sulfide) groups is 1. The smallest absolute Gasteiger partial charge is 0.183 e. The summed E-state index contributed by atoms with van der Waals surface area (Å²) in [4.78, 5) is 12.2. The standard InChI is InChI=1S/C8H4BrNOS2/c9-8-4(1-10)5-2-12-3-6(11)7(5)13-8/h2-3H2. The van der Waals surface area contributed by atoms with Gasteiger partial charge in [0.25, 0.3) is 0 Å². The van der Waals surface area contributed by atoms with Crippen LogP contribution in [0.3, 0.4) is 0 Å². The fourth-order valence-corrected chi connectivity index (χ4v) is 4.07. The molecule has 0 fully saturated rings. The van der Waals surface area contributed by atoms with Crippen LogP contribution in [-0.2, 0) is 5.75 Å². The summed E-state index contributed by atoms with van der Waals surface area (Å²) in [7, 11) is 0. The van der Waals surface area contributed by atoms with Crippen LogP contribution in [0.25, 0.3) is 0 Å². The van der Waals surface area contributed by atoms with Crippen LogP contribution in [0.15, 0.2) is 3.79 Å². The Bertz CT molecular complexity index is 419. The largest absolute Gasteiger partial charge is 0.292 e. The minimum atomic E-state index is 0.151. The topological polar surface area (TPSA) is 40.9 Å². The first kappa shape index (κ1) is 9.25. The first-order chi connectivity index (χ1) is 6.24. The van der Waals surface area contributed by atoms with Gasteiger partial charge in [-0.2, -0.15) is 5.26 Å². The van der Waals surface area contributed by atoms with E-state index >= 15 is 0 Å². The highest BCUT2D eigenvalue weighted by Gasteiger charge is 2.25. The highest BCUT2D eigenvalue weighted by atomic mass is 79.9. The SMILES string of the molecule is N#Cc1c(Br)sc2c1CSCC2=O. The zero-order chi connectivity index (χ0) is 9.42. The molecule has 0 saturated carbocycles. The van der Waals surface area contributed by atoms with E-state index in [0.717, 1.165) is 20.0 Å². The fourth-order valence-electron chi connectivity index (χ4n) is 1.22. The molecule has 0 aromatic carbocycles. The number of halogens is 1. The first-order valence-corrected chi connectivity index (χ1v) is 6.32. The number of rotatable bonds is 0. The van der Waals surface area contributed by atoms with Gasteiger partial charge in [0.05, 0.1) is 20.0 Å². The van der Waals surface area contributed by atoms with Gasteiger partial charge in [-0.05, 0) is 15.9 Å². The van der Waals surface area contributed by atoms with Crippen molar-refractivity contribution in [1.29, 1.82) is 5.26 Å². The second-order valence-electron chi connectivity index (χ2n) is 2.59. The minimum absolute atomic E-state index is 0.151. The number of thiophene rings is 1. The second-order valence-corrected chi connectivity index (χ2v) is 5.91. The monoisotopic (exact) mass is 273 g/mol. The highest BCUT2D eigenvalue weighted by molar-refractivity contribution is 9.11. The van der Waals surface area contributed by atoms with Gasteiger partial charge in [-0.3, -0.25) is 4.79 Å². The highest BCUT2D eigenvalue weighted by Crippen LogP contribution is 2.38. The molecule has 0 saturated heterocycles. The maximum Gasteiger partial charge on any atom is 0.183 e. The maximum atomic E-state index is 11.4. The number of carbonyl (C=O) groups is 1. The van der Waals surface area contributed by atoms with E-state index in [-0.39, 0.29) is 5.78 Å². The zero-order valence-corrected chi connectivity index (χ0v) is 9.68. The van der Waals surface area contributed by atoms with Crippen molar-refractivity contribution in [1.82, 2.24) is 0 Å². The van der Waals surface area contributed by atoms with E-state index in [9.17, 15) is 4.79 Å². The van der Waals surface area contributed by atoms with Crippen molar-refractivity contribution < 1.29 is 4.79 Å². The van der Waals surface area contributed by atoms with Crippen LogP contribution in [0.4, 0.5) is 0 Å². The number of Topliss-reactive ketones (excluding diaryl/α,β-unsaturated/α-hetero) is 1. The van der Waals surface area contributed by atoms with Gasteiger partial charge in [-0.15, -0.1) is 23.1 Å². The molecule has 1 aromatic rings. The Morgan fingerprint density at radius 2 is 2.23 bits per heavy atom. The van der Waals surface area contributed by atoms with E-state index in [1.165, 1.54) is 11.3 Å². The predicted octanol–water partition coefficient (Wildman–Crippen LogP) is 2.81. The van der Waals surface area contributed by atoms with E-state index in [2.05, 4.69) is 22.0 Å². The van der Waals surface area contributed by atoms with Crippen molar-refractivity contribution >= 4 is 44.8 Å². The first-order valence-electron chi connectivity index (χ1n) is 3.56. The molecule has 5 heteroatoms. The molecule has 0 amide bonds. The van der Waals surface area contributed by atoms with E-state index in [1.807, 2.05) is 0 Å². The number of hydrogen-bond acceptors (Lipinski definition) is 4. The van der Waals surface area contributed by atoms with Gasteiger partial charge >= 0.3 is 0 Å². The molecule has 2 rings (SSSR count). The third-order valence-corrected chi connectivity index (χ3v) is 4.71. The summed E-state index contributed by atoms with van der Waals surface area (Å²) in [5.41, 5.74) is 1.56. The lowest BCUT2D eigenvalue weighted by Gasteiger charge is -2.08. The van der Waals surface area contributed by atoms with Gasteiger partial charge in [0, 0.05) is 11.3 Å². The normalized spacial score (nSPS) is 15.2. The van der Waals surface area contributed by atoms with Crippen molar-refractivity contribution in [3.63, 3.8) is 0 Å². The number of nitrogens with zero attached hydrogens (tertiary/aromatic N) is 1. The van der Waals surface area contributed by atoms with Crippen LogP contribution in [0.5, 0.6) is 0 Å². The van der Waals surface area contributed by atoms with Crippen molar-refractivity contribution in [2.75, 3.05) is 5.75 Å². The molecule has 1 aliphatic heterocycles. The molecule has 0 radical (unpaired) electrons. The molecule has 2 nitrogen and oxygen atoms in total. The molecule has 0 unspecified atom stereocenters. The molecule has 0 spiro atoms. The summed E-state index contributed by atoms with van der Waals surface area (Å²) in [6.45, 7) is 0. The second kappa shape index (κ2) is 3.45. The summed E-state index contributed by atoms with van der Waals surface area (Å²) in [5, 5.41) is 8.86. The number of hydrogen-bond donors (Lipinski definition) is 0. The fraction of sp³-hybridized carbons (Fsp3) is 0.250. The lowest BCUT2D eigenvalue weighted by Crippen LogP contribution is -2.08. The summed E-state index contributed by atoms with van der Waals surface area (Å²) in [6, 6.07) is 2.12. The molecule has 0 aliphatic carbocycles. The Hall–Kier alpha value is -0.310. The van der Waals surface area contributed by atoms with Crippen LogP contribution in [0.1, 0.15) is 20.8 Å². The van der Waals surface area contributed by atoms with Gasteiger partial charge in [0.15, 0.2) is 5.78 Å². The maximum absolute atomic E-state index is 11.4. The summed E-state index contributed by atoms with van der Waals surface area (Å²) in [6.07, 6.45) is 0. The number of fused-ring (bicyclic) bond motifs is 1. The Kier molecular flexibility index (Phi) is 2.45. The Balaban J connectivity index is 2.64. The van der Waals surface area contributed by atoms with E-state index < -0.39 is 0 Å². The molecule has 2 heterocycles. The Morgan fingerprint density at radius 3 is 2.92 bits per heavy atom. The van der Waals surface area contributed by atoms with Crippen LogP contribution in [-0.4, -0.2) is 11.5 Å². The molecule has 13 heavy (non-hydrogen) atoms. The lowest BCUT2D eigenvalue weighted by molar-refractivity contribution is 0.102. The van der Waals surface area contributed by atoms with Crippen molar-refractivity contribution in [3.05, 3.63) is 19.8 Å². The van der Waals surface area contributed by atoms with E-state index in [4.69, 9.17) is 5.26 Å². The molecule has 0 bridgehead atoms. The van der Waals surface area contributed by atoms with Gasteiger partial charge in [0.1, 0.15) is 6.07 Å². The molecule has 66 valence electrons. The van der Waals surface area contributed by atoms with Crippen molar-refractivity contribution in [2.45, 2.75) is 5.75 Å². The molecule has 0 atom stereocenters. The number of carbonyl (C=O) groups excluding carboxylic acids is 1. The quantitative estimate of drug-likeness (QED) is 0.730. The molecule has 1 aromatic heterocycles. The van der Waals surface area contributed by atoms with Crippen molar-refractivity contribution in [3.8, 4) is 6.07 Å². The van der Waals surface area contributed by atoms with Crippen LogP contribution < -0.4 is 0 Å². The minimum Gasteiger partial charge on any atom is -0.292 e. The molecule has 0 N–H and O–H groups in total. The van der Waals surface area contributed by atoms with E-state index in [1.54, 1.807) is 11.8 Å². The van der Waals surface area contributed by atoms with Gasteiger partial charge in [-0.25, -0.2) is 0 Å².